The van der Waals surface area contributed by atoms with Crippen LogP contribution in [-0.2, 0) is 9.05 Å². The minimum atomic E-state index is -3.77. The Balaban J connectivity index is 2.32. The van der Waals surface area contributed by atoms with Crippen LogP contribution in [0.2, 0.25) is 0 Å². The molecule has 0 aliphatic rings. The Labute approximate surface area is 143 Å². The molecule has 0 radical (unpaired) electrons. The summed E-state index contributed by atoms with van der Waals surface area (Å²) in [6, 6.07) is 9.54. The van der Waals surface area contributed by atoms with E-state index in [-0.39, 0.29) is 4.90 Å². The van der Waals surface area contributed by atoms with E-state index in [1.807, 2.05) is 0 Å². The molecule has 0 saturated carbocycles. The van der Waals surface area contributed by atoms with Crippen LogP contribution in [0.1, 0.15) is 0 Å². The van der Waals surface area contributed by atoms with E-state index in [2.05, 4.69) is 31.9 Å². The number of halogens is 3. The highest BCUT2D eigenvalue weighted by Gasteiger charge is 2.14. The highest BCUT2D eigenvalue weighted by molar-refractivity contribution is 9.11. The highest BCUT2D eigenvalue weighted by Crippen LogP contribution is 2.36. The molecule has 0 N–H and O–H groups in total. The molecule has 112 valence electrons. The van der Waals surface area contributed by atoms with E-state index in [1.54, 1.807) is 25.3 Å². The fourth-order valence-electron chi connectivity index (χ4n) is 1.53. The second-order valence-electron chi connectivity index (χ2n) is 3.93. The number of benzene rings is 2. The van der Waals surface area contributed by atoms with E-state index in [4.69, 9.17) is 20.2 Å². The van der Waals surface area contributed by atoms with Crippen molar-refractivity contribution in [1.29, 1.82) is 0 Å². The minimum Gasteiger partial charge on any atom is -0.497 e. The van der Waals surface area contributed by atoms with Gasteiger partial charge >= 0.3 is 0 Å². The van der Waals surface area contributed by atoms with E-state index in [9.17, 15) is 8.42 Å². The van der Waals surface area contributed by atoms with Crippen LogP contribution in [0.25, 0.3) is 0 Å². The van der Waals surface area contributed by atoms with Gasteiger partial charge in [-0.1, -0.05) is 0 Å². The van der Waals surface area contributed by atoms with Gasteiger partial charge in [0.05, 0.1) is 21.0 Å². The van der Waals surface area contributed by atoms with Crippen LogP contribution in [0, 0.1) is 0 Å². The molecule has 21 heavy (non-hydrogen) atoms. The van der Waals surface area contributed by atoms with E-state index < -0.39 is 9.05 Å². The first-order valence-corrected chi connectivity index (χ1v) is 9.46. The molecular formula is C13H9Br2ClO4S. The summed E-state index contributed by atoms with van der Waals surface area (Å²) in [5.74, 6) is 1.72. The summed E-state index contributed by atoms with van der Waals surface area (Å²) in [5, 5.41) is 0. The molecule has 8 heteroatoms. The van der Waals surface area contributed by atoms with Crippen LogP contribution in [0.3, 0.4) is 0 Å². The normalized spacial score (nSPS) is 11.2. The average Bonchev–Trinajstić information content (AvgIpc) is 2.41. The van der Waals surface area contributed by atoms with Crippen LogP contribution in [0.5, 0.6) is 17.2 Å². The smallest absolute Gasteiger partial charge is 0.261 e. The van der Waals surface area contributed by atoms with Crippen molar-refractivity contribution in [2.45, 2.75) is 4.90 Å². The minimum absolute atomic E-state index is 0.00260. The molecule has 0 unspecified atom stereocenters. The van der Waals surface area contributed by atoms with Crippen molar-refractivity contribution in [2.75, 3.05) is 7.11 Å². The predicted octanol–water partition coefficient (Wildman–Crippen LogP) is 4.94. The molecule has 2 rings (SSSR count). The molecule has 0 aliphatic heterocycles. The van der Waals surface area contributed by atoms with Crippen molar-refractivity contribution in [1.82, 2.24) is 0 Å². The van der Waals surface area contributed by atoms with Gasteiger partial charge in [0.25, 0.3) is 9.05 Å². The van der Waals surface area contributed by atoms with Gasteiger partial charge in [-0.05, 0) is 68.3 Å². The molecule has 0 bridgehead atoms. The van der Waals surface area contributed by atoms with Crippen molar-refractivity contribution in [2.24, 2.45) is 0 Å². The predicted molar refractivity (Wildman–Crippen MR) is 87.9 cm³/mol. The molecule has 0 saturated heterocycles. The van der Waals surface area contributed by atoms with Gasteiger partial charge in [-0.3, -0.25) is 0 Å². The zero-order valence-electron chi connectivity index (χ0n) is 10.6. The average molecular weight is 457 g/mol. The third-order valence-corrected chi connectivity index (χ3v) is 5.13. The van der Waals surface area contributed by atoms with Gasteiger partial charge in [0.1, 0.15) is 17.2 Å². The summed E-state index contributed by atoms with van der Waals surface area (Å²) in [6.07, 6.45) is 0. The molecule has 0 spiro atoms. The Morgan fingerprint density at radius 1 is 1.00 bits per heavy atom. The Morgan fingerprint density at radius 2 is 1.57 bits per heavy atom. The zero-order valence-corrected chi connectivity index (χ0v) is 15.4. The van der Waals surface area contributed by atoms with E-state index >= 15 is 0 Å². The van der Waals surface area contributed by atoms with E-state index in [1.165, 1.54) is 18.2 Å². The number of rotatable bonds is 4. The largest absolute Gasteiger partial charge is 0.497 e. The Bertz CT molecular complexity index is 778. The summed E-state index contributed by atoms with van der Waals surface area (Å²) >= 11 is 6.64. The maximum atomic E-state index is 11.3. The number of hydrogen-bond donors (Lipinski definition) is 0. The van der Waals surface area contributed by atoms with Crippen molar-refractivity contribution in [3.05, 3.63) is 45.3 Å². The van der Waals surface area contributed by atoms with Crippen LogP contribution < -0.4 is 9.47 Å². The zero-order chi connectivity index (χ0) is 15.6. The lowest BCUT2D eigenvalue weighted by molar-refractivity contribution is 0.412. The quantitative estimate of drug-likeness (QED) is 0.612. The maximum Gasteiger partial charge on any atom is 0.261 e. The third kappa shape index (κ3) is 4.12. The van der Waals surface area contributed by atoms with Crippen molar-refractivity contribution >= 4 is 51.6 Å². The van der Waals surface area contributed by atoms with Crippen LogP contribution in [0.4, 0.5) is 0 Å². The van der Waals surface area contributed by atoms with Gasteiger partial charge in [0.15, 0.2) is 0 Å². The third-order valence-electron chi connectivity index (χ3n) is 2.54. The monoisotopic (exact) mass is 454 g/mol. The summed E-state index contributed by atoms with van der Waals surface area (Å²) in [5.41, 5.74) is 0. The first-order chi connectivity index (χ1) is 9.81. The standard InChI is InChI=1S/C13H9Br2ClO4S/c1-19-8-2-4-12(10(14)6-8)20-13-5-3-9(7-11(13)15)21(16,17)18/h2-7H,1H3. The molecule has 0 heterocycles. The topological polar surface area (TPSA) is 52.6 Å². The molecule has 0 fully saturated rings. The molecule has 0 aliphatic carbocycles. The van der Waals surface area contributed by atoms with Gasteiger partial charge < -0.3 is 9.47 Å². The van der Waals surface area contributed by atoms with E-state index in [0.717, 1.165) is 0 Å². The summed E-state index contributed by atoms with van der Waals surface area (Å²) < 4.78 is 34.5. The van der Waals surface area contributed by atoms with Gasteiger partial charge in [0.2, 0.25) is 0 Å². The van der Waals surface area contributed by atoms with Crippen LogP contribution in [0.15, 0.2) is 50.2 Å². The Hall–Kier alpha value is -0.760. The molecule has 2 aromatic carbocycles. The highest BCUT2D eigenvalue weighted by atomic mass is 79.9. The number of ether oxygens (including phenoxy) is 2. The second-order valence-corrected chi connectivity index (χ2v) is 8.20. The Morgan fingerprint density at radius 3 is 2.05 bits per heavy atom. The maximum absolute atomic E-state index is 11.3. The number of hydrogen-bond acceptors (Lipinski definition) is 4. The first-order valence-electron chi connectivity index (χ1n) is 5.57. The van der Waals surface area contributed by atoms with Crippen LogP contribution >= 0.6 is 42.5 Å². The molecular weight excluding hydrogens is 447 g/mol. The van der Waals surface area contributed by atoms with Crippen LogP contribution in [-0.4, -0.2) is 15.5 Å². The SMILES string of the molecule is COc1ccc(Oc2ccc(S(=O)(=O)Cl)cc2Br)c(Br)c1. The van der Waals surface area contributed by atoms with Crippen molar-refractivity contribution < 1.29 is 17.9 Å². The second kappa shape index (κ2) is 6.56. The lowest BCUT2D eigenvalue weighted by Gasteiger charge is -2.11. The molecule has 0 amide bonds. The summed E-state index contributed by atoms with van der Waals surface area (Å²) in [4.78, 5) is -0.00260. The van der Waals surface area contributed by atoms with Crippen molar-refractivity contribution in [3.8, 4) is 17.2 Å². The van der Waals surface area contributed by atoms with Gasteiger partial charge in [-0.15, -0.1) is 0 Å². The number of methoxy groups -OCH3 is 1. The Kier molecular flexibility index (Phi) is 5.19. The molecule has 0 atom stereocenters. The first kappa shape index (κ1) is 16.6. The summed E-state index contributed by atoms with van der Waals surface area (Å²) in [6.45, 7) is 0. The van der Waals surface area contributed by atoms with Gasteiger partial charge in [0, 0.05) is 10.7 Å². The van der Waals surface area contributed by atoms with Gasteiger partial charge in [-0.2, -0.15) is 0 Å². The fourth-order valence-corrected chi connectivity index (χ4v) is 3.35. The van der Waals surface area contributed by atoms with Gasteiger partial charge in [-0.25, -0.2) is 8.42 Å². The fraction of sp³-hybridized carbons (Fsp3) is 0.0769. The lowest BCUT2D eigenvalue weighted by atomic mass is 10.3. The molecule has 2 aromatic rings. The van der Waals surface area contributed by atoms with E-state index in [0.29, 0.717) is 26.2 Å². The molecule has 4 nitrogen and oxygen atoms in total. The summed E-state index contributed by atoms with van der Waals surface area (Å²) in [7, 11) is 3.09. The molecule has 0 aromatic heterocycles. The van der Waals surface area contributed by atoms with Crippen molar-refractivity contribution in [3.63, 3.8) is 0 Å². The lowest BCUT2D eigenvalue weighted by Crippen LogP contribution is -1.93.